The molecule has 4 nitrogen and oxygen atoms in total. The van der Waals surface area contributed by atoms with Crippen molar-refractivity contribution >= 4 is 21.8 Å². The maximum Gasteiger partial charge on any atom is 0.257 e. The van der Waals surface area contributed by atoms with E-state index in [1.807, 2.05) is 18.2 Å². The first kappa shape index (κ1) is 16.0. The first-order valence-electron chi connectivity index (χ1n) is 6.35. The molecule has 1 aromatic rings. The van der Waals surface area contributed by atoms with Gasteiger partial charge >= 0.3 is 0 Å². The van der Waals surface area contributed by atoms with Crippen LogP contribution in [0.15, 0.2) is 22.7 Å². The quantitative estimate of drug-likeness (QED) is 0.807. The number of nitrogens with one attached hydrogen (secondary N) is 2. The molecule has 1 rings (SSSR count). The summed E-state index contributed by atoms with van der Waals surface area (Å²) in [4.78, 5) is 11.2. The van der Waals surface area contributed by atoms with Crippen molar-refractivity contribution < 1.29 is 9.53 Å². The second-order valence-corrected chi connectivity index (χ2v) is 5.65. The zero-order valence-corrected chi connectivity index (χ0v) is 13.2. The molecule has 0 saturated heterocycles. The molecule has 106 valence electrons. The summed E-state index contributed by atoms with van der Waals surface area (Å²) >= 11 is 3.45. The van der Waals surface area contributed by atoms with Crippen LogP contribution in [0.2, 0.25) is 0 Å². The Morgan fingerprint density at radius 1 is 1.42 bits per heavy atom. The number of carbonyl (C=O) groups is 1. The molecule has 2 N–H and O–H groups in total. The number of hydrogen-bond donors (Lipinski definition) is 2. The van der Waals surface area contributed by atoms with Crippen LogP contribution in [0.1, 0.15) is 19.4 Å². The minimum Gasteiger partial charge on any atom is -0.483 e. The summed E-state index contributed by atoms with van der Waals surface area (Å²) in [5.74, 6) is 1.20. The topological polar surface area (TPSA) is 50.4 Å². The van der Waals surface area contributed by atoms with Gasteiger partial charge in [-0.1, -0.05) is 29.8 Å². The van der Waals surface area contributed by atoms with Crippen molar-refractivity contribution in [3.63, 3.8) is 0 Å². The van der Waals surface area contributed by atoms with E-state index < -0.39 is 0 Å². The fourth-order valence-corrected chi connectivity index (χ4v) is 1.95. The van der Waals surface area contributed by atoms with Crippen molar-refractivity contribution in [3.05, 3.63) is 28.2 Å². The summed E-state index contributed by atoms with van der Waals surface area (Å²) in [6, 6.07) is 5.79. The highest BCUT2D eigenvalue weighted by Gasteiger charge is 2.07. The third kappa shape index (κ3) is 6.07. The van der Waals surface area contributed by atoms with Crippen molar-refractivity contribution in [2.24, 2.45) is 5.92 Å². The Morgan fingerprint density at radius 3 is 2.79 bits per heavy atom. The molecule has 0 heterocycles. The van der Waals surface area contributed by atoms with Crippen molar-refractivity contribution in [2.45, 2.75) is 20.4 Å². The predicted molar refractivity (Wildman–Crippen MR) is 80.2 cm³/mol. The third-order valence-corrected chi connectivity index (χ3v) is 3.02. The van der Waals surface area contributed by atoms with E-state index in [1.54, 1.807) is 7.05 Å². The monoisotopic (exact) mass is 328 g/mol. The Labute approximate surface area is 123 Å². The predicted octanol–water partition coefficient (Wildman–Crippen LogP) is 2.32. The van der Waals surface area contributed by atoms with E-state index in [0.717, 1.165) is 28.9 Å². The van der Waals surface area contributed by atoms with Gasteiger partial charge in [0.15, 0.2) is 6.61 Å². The number of rotatable bonds is 7. The van der Waals surface area contributed by atoms with Gasteiger partial charge in [-0.3, -0.25) is 4.79 Å². The molecule has 0 fully saturated rings. The fraction of sp³-hybridized carbons (Fsp3) is 0.500. The second kappa shape index (κ2) is 8.17. The summed E-state index contributed by atoms with van der Waals surface area (Å²) in [5, 5.41) is 5.90. The van der Waals surface area contributed by atoms with Gasteiger partial charge in [0.1, 0.15) is 5.75 Å². The summed E-state index contributed by atoms with van der Waals surface area (Å²) < 4.78 is 6.53. The van der Waals surface area contributed by atoms with Crippen LogP contribution in [0.5, 0.6) is 5.75 Å². The summed E-state index contributed by atoms with van der Waals surface area (Å²) in [6.07, 6.45) is 0. The molecule has 5 heteroatoms. The third-order valence-electron chi connectivity index (χ3n) is 2.53. The van der Waals surface area contributed by atoms with Crippen LogP contribution in [0.25, 0.3) is 0 Å². The van der Waals surface area contributed by atoms with Gasteiger partial charge in [0, 0.05) is 23.6 Å². The van der Waals surface area contributed by atoms with Crippen LogP contribution < -0.4 is 15.4 Å². The smallest absolute Gasteiger partial charge is 0.257 e. The maximum absolute atomic E-state index is 11.2. The summed E-state index contributed by atoms with van der Waals surface area (Å²) in [7, 11) is 1.60. The molecule has 1 aromatic carbocycles. The molecule has 19 heavy (non-hydrogen) atoms. The van der Waals surface area contributed by atoms with E-state index in [0.29, 0.717) is 5.92 Å². The first-order valence-corrected chi connectivity index (χ1v) is 7.14. The van der Waals surface area contributed by atoms with E-state index in [1.165, 1.54) is 0 Å². The van der Waals surface area contributed by atoms with Crippen LogP contribution >= 0.6 is 15.9 Å². The van der Waals surface area contributed by atoms with Crippen LogP contribution in [0, 0.1) is 5.92 Å². The van der Waals surface area contributed by atoms with Gasteiger partial charge < -0.3 is 15.4 Å². The molecular formula is C14H21BrN2O2. The Kier molecular flexibility index (Phi) is 6.87. The van der Waals surface area contributed by atoms with Crippen LogP contribution in [-0.2, 0) is 11.3 Å². The lowest BCUT2D eigenvalue weighted by Crippen LogP contribution is -2.25. The van der Waals surface area contributed by atoms with Gasteiger partial charge in [-0.2, -0.15) is 0 Å². The van der Waals surface area contributed by atoms with Crippen molar-refractivity contribution in [1.82, 2.24) is 10.6 Å². The van der Waals surface area contributed by atoms with E-state index in [4.69, 9.17) is 4.74 Å². The van der Waals surface area contributed by atoms with Crippen LogP contribution in [0.4, 0.5) is 0 Å². The maximum atomic E-state index is 11.2. The van der Waals surface area contributed by atoms with Gasteiger partial charge in [-0.25, -0.2) is 0 Å². The number of halogens is 1. The largest absolute Gasteiger partial charge is 0.483 e. The number of benzene rings is 1. The molecule has 0 spiro atoms. The minimum absolute atomic E-state index is 0.0370. The molecule has 0 atom stereocenters. The number of ether oxygens (including phenoxy) is 1. The van der Waals surface area contributed by atoms with Crippen LogP contribution in [-0.4, -0.2) is 26.1 Å². The van der Waals surface area contributed by atoms with E-state index in [9.17, 15) is 4.79 Å². The highest BCUT2D eigenvalue weighted by molar-refractivity contribution is 9.10. The van der Waals surface area contributed by atoms with Crippen molar-refractivity contribution in [1.29, 1.82) is 0 Å². The van der Waals surface area contributed by atoms with Crippen molar-refractivity contribution in [3.8, 4) is 5.75 Å². The lowest BCUT2D eigenvalue weighted by molar-refractivity contribution is -0.122. The van der Waals surface area contributed by atoms with Crippen LogP contribution in [0.3, 0.4) is 0 Å². The number of hydrogen-bond acceptors (Lipinski definition) is 3. The Bertz CT molecular complexity index is 422. The molecule has 0 saturated carbocycles. The number of carbonyl (C=O) groups excluding carboxylic acids is 1. The van der Waals surface area contributed by atoms with Gasteiger partial charge in [-0.05, 0) is 30.7 Å². The van der Waals surface area contributed by atoms with E-state index >= 15 is 0 Å². The molecule has 0 radical (unpaired) electrons. The Hall–Kier alpha value is -1.07. The van der Waals surface area contributed by atoms with E-state index in [2.05, 4.69) is 40.4 Å². The number of amides is 1. The van der Waals surface area contributed by atoms with E-state index in [-0.39, 0.29) is 12.5 Å². The van der Waals surface area contributed by atoms with Crippen molar-refractivity contribution in [2.75, 3.05) is 20.2 Å². The Balaban J connectivity index is 2.65. The Morgan fingerprint density at radius 2 is 2.16 bits per heavy atom. The second-order valence-electron chi connectivity index (χ2n) is 4.74. The van der Waals surface area contributed by atoms with Gasteiger partial charge in [0.05, 0.1) is 0 Å². The lowest BCUT2D eigenvalue weighted by atomic mass is 10.2. The molecule has 0 aromatic heterocycles. The summed E-state index contributed by atoms with van der Waals surface area (Å²) in [6.45, 7) is 6.03. The normalized spacial score (nSPS) is 10.6. The SMILES string of the molecule is CNC(=O)COc1ccc(Br)cc1CNCC(C)C. The zero-order valence-electron chi connectivity index (χ0n) is 11.6. The average Bonchev–Trinajstić information content (AvgIpc) is 2.37. The van der Waals surface area contributed by atoms with Gasteiger partial charge in [-0.15, -0.1) is 0 Å². The fourth-order valence-electron chi connectivity index (χ4n) is 1.54. The molecular weight excluding hydrogens is 308 g/mol. The average molecular weight is 329 g/mol. The molecule has 0 aliphatic carbocycles. The van der Waals surface area contributed by atoms with Gasteiger partial charge in [0.25, 0.3) is 5.91 Å². The first-order chi connectivity index (χ1) is 9.02. The standard InChI is InChI=1S/C14H21BrN2O2/c1-10(2)7-17-8-11-6-12(15)4-5-13(11)19-9-14(18)16-3/h4-6,10,17H,7-9H2,1-3H3,(H,16,18). The molecule has 0 aliphatic rings. The molecule has 0 unspecified atom stereocenters. The highest BCUT2D eigenvalue weighted by Crippen LogP contribution is 2.23. The summed E-state index contributed by atoms with van der Waals surface area (Å²) in [5.41, 5.74) is 1.04. The highest BCUT2D eigenvalue weighted by atomic mass is 79.9. The molecule has 0 bridgehead atoms. The lowest BCUT2D eigenvalue weighted by Gasteiger charge is -2.13. The molecule has 1 amide bonds. The minimum atomic E-state index is -0.135. The van der Waals surface area contributed by atoms with Gasteiger partial charge in [0.2, 0.25) is 0 Å². The number of likely N-dealkylation sites (N-methyl/N-ethyl adjacent to an activating group) is 1. The zero-order chi connectivity index (χ0) is 14.3. The molecule has 0 aliphatic heterocycles.